The summed E-state index contributed by atoms with van der Waals surface area (Å²) in [5, 5.41) is 0. The Balaban J connectivity index is 2.18. The number of alkyl halides is 3. The van der Waals surface area contributed by atoms with Crippen molar-refractivity contribution in [1.29, 1.82) is 0 Å². The molecule has 6 heteroatoms. The van der Waals surface area contributed by atoms with Crippen LogP contribution in [0.3, 0.4) is 0 Å². The van der Waals surface area contributed by atoms with Gasteiger partial charge in [0.25, 0.3) is 0 Å². The fraction of sp³-hybridized carbons (Fsp3) is 0.571. The lowest BCUT2D eigenvalue weighted by molar-refractivity contribution is -0.274. The van der Waals surface area contributed by atoms with E-state index in [0.29, 0.717) is 0 Å². The monoisotopic (exact) mass is 288 g/mol. The van der Waals surface area contributed by atoms with Crippen LogP contribution in [0.1, 0.15) is 20.3 Å². The van der Waals surface area contributed by atoms with Crippen LogP contribution in [-0.4, -0.2) is 25.0 Å². The number of rotatable bonds is 2. The molecule has 1 heterocycles. The summed E-state index contributed by atoms with van der Waals surface area (Å²) in [7, 11) is 0. The lowest BCUT2D eigenvalue weighted by Crippen LogP contribution is -2.51. The van der Waals surface area contributed by atoms with Gasteiger partial charge in [0.15, 0.2) is 0 Å². The first kappa shape index (κ1) is 15.0. The van der Waals surface area contributed by atoms with E-state index in [1.54, 1.807) is 12.1 Å². The summed E-state index contributed by atoms with van der Waals surface area (Å²) < 4.78 is 40.7. The van der Waals surface area contributed by atoms with Gasteiger partial charge in [0, 0.05) is 30.4 Å². The molecule has 3 nitrogen and oxygen atoms in total. The number of piperidine rings is 1. The maximum absolute atomic E-state index is 12.3. The van der Waals surface area contributed by atoms with E-state index in [0.717, 1.165) is 18.7 Å². The summed E-state index contributed by atoms with van der Waals surface area (Å²) in [6, 6.07) is 6.41. The fourth-order valence-electron chi connectivity index (χ4n) is 2.62. The van der Waals surface area contributed by atoms with Gasteiger partial charge in [-0.3, -0.25) is 0 Å². The van der Waals surface area contributed by atoms with Crippen molar-refractivity contribution in [3.63, 3.8) is 0 Å². The second-order valence-corrected chi connectivity index (χ2v) is 5.29. The SMILES string of the molecule is CC1C(N)CCN(c2cccc(OC(F)(F)F)c2)C1C. The van der Waals surface area contributed by atoms with Gasteiger partial charge in [-0.25, -0.2) is 0 Å². The van der Waals surface area contributed by atoms with Crippen molar-refractivity contribution < 1.29 is 17.9 Å². The predicted molar refractivity (Wildman–Crippen MR) is 71.7 cm³/mol. The first-order valence-corrected chi connectivity index (χ1v) is 6.66. The second kappa shape index (κ2) is 5.52. The predicted octanol–water partition coefficient (Wildman–Crippen LogP) is 3.15. The first-order chi connectivity index (χ1) is 9.28. The third-order valence-electron chi connectivity index (χ3n) is 4.01. The zero-order valence-corrected chi connectivity index (χ0v) is 11.5. The zero-order chi connectivity index (χ0) is 14.9. The summed E-state index contributed by atoms with van der Waals surface area (Å²) in [6.45, 7) is 4.85. The average molecular weight is 288 g/mol. The van der Waals surface area contributed by atoms with E-state index in [1.807, 2.05) is 6.92 Å². The maximum atomic E-state index is 12.3. The third kappa shape index (κ3) is 3.36. The Hall–Kier alpha value is -1.43. The van der Waals surface area contributed by atoms with Crippen LogP contribution in [-0.2, 0) is 0 Å². The van der Waals surface area contributed by atoms with Gasteiger partial charge < -0.3 is 15.4 Å². The summed E-state index contributed by atoms with van der Waals surface area (Å²) in [6.07, 6.45) is -3.84. The van der Waals surface area contributed by atoms with E-state index in [2.05, 4.69) is 16.6 Å². The molecule has 1 fully saturated rings. The Bertz CT molecular complexity index is 464. The van der Waals surface area contributed by atoms with Crippen molar-refractivity contribution in [2.24, 2.45) is 11.7 Å². The Kier molecular flexibility index (Phi) is 4.13. The number of hydrogen-bond acceptors (Lipinski definition) is 3. The lowest BCUT2D eigenvalue weighted by atomic mass is 9.87. The van der Waals surface area contributed by atoms with Gasteiger partial charge in [0.05, 0.1) is 0 Å². The molecular weight excluding hydrogens is 269 g/mol. The Morgan fingerprint density at radius 2 is 2.00 bits per heavy atom. The molecule has 0 spiro atoms. The summed E-state index contributed by atoms with van der Waals surface area (Å²) in [5.74, 6) is 0.0978. The normalized spacial score (nSPS) is 27.5. The smallest absolute Gasteiger partial charge is 0.406 e. The minimum atomic E-state index is -4.66. The van der Waals surface area contributed by atoms with Crippen LogP contribution in [0, 0.1) is 5.92 Å². The first-order valence-electron chi connectivity index (χ1n) is 6.66. The Labute approximate surface area is 116 Å². The van der Waals surface area contributed by atoms with Gasteiger partial charge in [0.2, 0.25) is 0 Å². The summed E-state index contributed by atoms with van der Waals surface area (Å²) in [5.41, 5.74) is 6.76. The van der Waals surface area contributed by atoms with E-state index >= 15 is 0 Å². The van der Waals surface area contributed by atoms with E-state index in [9.17, 15) is 13.2 Å². The van der Waals surface area contributed by atoms with Crippen LogP contribution >= 0.6 is 0 Å². The van der Waals surface area contributed by atoms with Gasteiger partial charge in [-0.2, -0.15) is 0 Å². The van der Waals surface area contributed by atoms with E-state index in [4.69, 9.17) is 5.73 Å². The van der Waals surface area contributed by atoms with Crippen LogP contribution in [0.25, 0.3) is 0 Å². The van der Waals surface area contributed by atoms with E-state index in [1.165, 1.54) is 12.1 Å². The second-order valence-electron chi connectivity index (χ2n) is 5.29. The maximum Gasteiger partial charge on any atom is 0.573 e. The molecule has 2 N–H and O–H groups in total. The number of nitrogens with zero attached hydrogens (tertiary/aromatic N) is 1. The third-order valence-corrected chi connectivity index (χ3v) is 4.01. The van der Waals surface area contributed by atoms with E-state index in [-0.39, 0.29) is 23.8 Å². The molecule has 3 atom stereocenters. The number of nitrogens with two attached hydrogens (primary N) is 1. The van der Waals surface area contributed by atoms with Gasteiger partial charge in [-0.15, -0.1) is 13.2 Å². The van der Waals surface area contributed by atoms with Crippen molar-refractivity contribution >= 4 is 5.69 Å². The van der Waals surface area contributed by atoms with E-state index < -0.39 is 6.36 Å². The van der Waals surface area contributed by atoms with Crippen molar-refractivity contribution in [2.45, 2.75) is 38.7 Å². The standard InChI is InChI=1S/C14H19F3N2O/c1-9-10(2)19(7-6-13(9)18)11-4-3-5-12(8-11)20-14(15,16)17/h3-5,8-10,13H,6-7,18H2,1-2H3. The van der Waals surface area contributed by atoms with Crippen LogP contribution in [0.4, 0.5) is 18.9 Å². The van der Waals surface area contributed by atoms with Gasteiger partial charge in [0.1, 0.15) is 5.75 Å². The summed E-state index contributed by atoms with van der Waals surface area (Å²) in [4.78, 5) is 2.08. The molecule has 0 radical (unpaired) electrons. The summed E-state index contributed by atoms with van der Waals surface area (Å²) >= 11 is 0. The number of hydrogen-bond donors (Lipinski definition) is 1. The number of halogens is 3. The highest BCUT2D eigenvalue weighted by molar-refractivity contribution is 5.52. The highest BCUT2D eigenvalue weighted by Crippen LogP contribution is 2.31. The number of anilines is 1. The molecule has 0 bridgehead atoms. The minimum Gasteiger partial charge on any atom is -0.406 e. The molecule has 0 aliphatic carbocycles. The molecule has 1 saturated heterocycles. The molecule has 3 unspecified atom stereocenters. The number of benzene rings is 1. The molecule has 112 valence electrons. The molecular formula is C14H19F3N2O. The largest absolute Gasteiger partial charge is 0.573 e. The lowest BCUT2D eigenvalue weighted by Gasteiger charge is -2.42. The van der Waals surface area contributed by atoms with Crippen LogP contribution in [0.2, 0.25) is 0 Å². The van der Waals surface area contributed by atoms with Crippen molar-refractivity contribution in [3.05, 3.63) is 24.3 Å². The van der Waals surface area contributed by atoms with Crippen molar-refractivity contribution in [1.82, 2.24) is 0 Å². The van der Waals surface area contributed by atoms with Crippen molar-refractivity contribution in [3.8, 4) is 5.75 Å². The minimum absolute atomic E-state index is 0.135. The Morgan fingerprint density at radius 1 is 1.30 bits per heavy atom. The van der Waals surface area contributed by atoms with Crippen LogP contribution < -0.4 is 15.4 Å². The fourth-order valence-corrected chi connectivity index (χ4v) is 2.62. The van der Waals surface area contributed by atoms with Gasteiger partial charge in [-0.1, -0.05) is 13.0 Å². The molecule has 1 aliphatic heterocycles. The van der Waals surface area contributed by atoms with Gasteiger partial charge in [-0.05, 0) is 31.4 Å². The molecule has 1 aromatic rings. The molecule has 2 rings (SSSR count). The van der Waals surface area contributed by atoms with Gasteiger partial charge >= 0.3 is 6.36 Å². The van der Waals surface area contributed by atoms with Crippen LogP contribution in [0.5, 0.6) is 5.75 Å². The average Bonchev–Trinajstić information content (AvgIpc) is 2.34. The highest BCUT2D eigenvalue weighted by Gasteiger charge is 2.33. The molecule has 20 heavy (non-hydrogen) atoms. The molecule has 0 saturated carbocycles. The van der Waals surface area contributed by atoms with Crippen LogP contribution in [0.15, 0.2) is 24.3 Å². The zero-order valence-electron chi connectivity index (χ0n) is 11.5. The molecule has 1 aromatic carbocycles. The quantitative estimate of drug-likeness (QED) is 0.908. The topological polar surface area (TPSA) is 38.5 Å². The molecule has 1 aliphatic rings. The highest BCUT2D eigenvalue weighted by atomic mass is 19.4. The molecule has 0 aromatic heterocycles. The molecule has 0 amide bonds. The Morgan fingerprint density at radius 3 is 2.65 bits per heavy atom. The van der Waals surface area contributed by atoms with Crippen molar-refractivity contribution in [2.75, 3.05) is 11.4 Å². The number of ether oxygens (including phenoxy) is 1.